The molecule has 1 fully saturated rings. The average Bonchev–Trinajstić information content (AvgIpc) is 2.77. The van der Waals surface area contributed by atoms with E-state index in [9.17, 15) is 4.79 Å². The van der Waals surface area contributed by atoms with E-state index in [0.29, 0.717) is 5.69 Å². The molecule has 0 aromatic carbocycles. The van der Waals surface area contributed by atoms with Crippen LogP contribution in [0.4, 0.5) is 0 Å². The Labute approximate surface area is 91.9 Å². The summed E-state index contributed by atoms with van der Waals surface area (Å²) in [6, 6.07) is 0. The third-order valence-electron chi connectivity index (χ3n) is 2.36. The fourth-order valence-corrected chi connectivity index (χ4v) is 2.54. The van der Waals surface area contributed by atoms with Gasteiger partial charge in [0.25, 0.3) is 0 Å². The molecular formula is C10H13NO3S. The molecule has 2 rings (SSSR count). The van der Waals surface area contributed by atoms with Crippen molar-refractivity contribution in [3.05, 3.63) is 16.1 Å². The number of nitrogens with zero attached hydrogens (tertiary/aromatic N) is 1. The van der Waals surface area contributed by atoms with E-state index in [1.165, 1.54) is 11.3 Å². The zero-order valence-electron chi connectivity index (χ0n) is 8.31. The number of aromatic nitrogens is 1. The fraction of sp³-hybridized carbons (Fsp3) is 0.600. The summed E-state index contributed by atoms with van der Waals surface area (Å²) in [4.78, 5) is 14.7. The van der Waals surface area contributed by atoms with Gasteiger partial charge in [-0.25, -0.2) is 4.98 Å². The summed E-state index contributed by atoms with van der Waals surface area (Å²) >= 11 is 1.52. The third kappa shape index (κ3) is 3.00. The summed E-state index contributed by atoms with van der Waals surface area (Å²) in [5, 5.41) is 11.4. The quantitative estimate of drug-likeness (QED) is 0.846. The van der Waals surface area contributed by atoms with Crippen molar-refractivity contribution < 1.29 is 14.6 Å². The zero-order chi connectivity index (χ0) is 10.7. The fourth-order valence-electron chi connectivity index (χ4n) is 1.68. The molecule has 0 spiro atoms. The van der Waals surface area contributed by atoms with Gasteiger partial charge in [0, 0.05) is 18.4 Å². The van der Waals surface area contributed by atoms with Gasteiger partial charge < -0.3 is 9.84 Å². The minimum absolute atomic E-state index is 0.0159. The maximum Gasteiger partial charge on any atom is 0.309 e. The van der Waals surface area contributed by atoms with Crippen LogP contribution in [0.5, 0.6) is 0 Å². The highest BCUT2D eigenvalue weighted by molar-refractivity contribution is 7.09. The Balaban J connectivity index is 1.91. The molecule has 0 unspecified atom stereocenters. The number of ether oxygens (including phenoxy) is 1. The van der Waals surface area contributed by atoms with Gasteiger partial charge in [0.15, 0.2) is 0 Å². The van der Waals surface area contributed by atoms with E-state index < -0.39 is 5.97 Å². The second-order valence-corrected chi connectivity index (χ2v) is 4.58. The minimum atomic E-state index is -0.830. The molecule has 0 saturated carbocycles. The summed E-state index contributed by atoms with van der Waals surface area (Å²) in [5.41, 5.74) is 0.653. The number of hydrogen-bond donors (Lipinski definition) is 1. The summed E-state index contributed by atoms with van der Waals surface area (Å²) in [6.07, 6.45) is 3.34. The average molecular weight is 227 g/mol. The van der Waals surface area contributed by atoms with Crippen molar-refractivity contribution in [1.29, 1.82) is 0 Å². The molecule has 1 aromatic heterocycles. The molecule has 5 heteroatoms. The molecule has 1 saturated heterocycles. The SMILES string of the molecule is O=C(O)Cc1csc(C[C@@H]2CCCO2)n1. The molecule has 15 heavy (non-hydrogen) atoms. The van der Waals surface area contributed by atoms with Crippen molar-refractivity contribution in [3.63, 3.8) is 0 Å². The van der Waals surface area contributed by atoms with E-state index in [2.05, 4.69) is 4.98 Å². The molecule has 1 aromatic rings. The Bertz CT molecular complexity index is 344. The lowest BCUT2D eigenvalue weighted by Gasteiger charge is -2.05. The highest BCUT2D eigenvalue weighted by Crippen LogP contribution is 2.19. The van der Waals surface area contributed by atoms with Crippen LogP contribution in [0.15, 0.2) is 5.38 Å². The van der Waals surface area contributed by atoms with Gasteiger partial charge in [-0.2, -0.15) is 0 Å². The number of carboxylic acids is 1. The summed E-state index contributed by atoms with van der Waals surface area (Å²) in [7, 11) is 0. The molecule has 0 bridgehead atoms. The Hall–Kier alpha value is -0.940. The van der Waals surface area contributed by atoms with Crippen molar-refractivity contribution in [2.24, 2.45) is 0 Å². The molecule has 1 aliphatic rings. The maximum atomic E-state index is 10.5. The second kappa shape index (κ2) is 4.72. The molecule has 0 radical (unpaired) electrons. The van der Waals surface area contributed by atoms with E-state index >= 15 is 0 Å². The van der Waals surface area contributed by atoms with E-state index in [1.54, 1.807) is 0 Å². The normalized spacial score (nSPS) is 20.7. The monoisotopic (exact) mass is 227 g/mol. The number of aliphatic carboxylic acids is 1. The van der Waals surface area contributed by atoms with E-state index in [1.807, 2.05) is 5.38 Å². The van der Waals surface area contributed by atoms with Gasteiger partial charge in [0.1, 0.15) is 0 Å². The standard InChI is InChI=1S/C10H13NO3S/c12-10(13)4-7-6-15-9(11-7)5-8-2-1-3-14-8/h6,8H,1-5H2,(H,12,13)/t8-/m0/s1. The van der Waals surface area contributed by atoms with E-state index in [0.717, 1.165) is 30.9 Å². The van der Waals surface area contributed by atoms with Gasteiger partial charge in [0.2, 0.25) is 0 Å². The predicted octanol–water partition coefficient (Wildman–Crippen LogP) is 1.49. The first kappa shape index (κ1) is 10.6. The highest BCUT2D eigenvalue weighted by atomic mass is 32.1. The summed E-state index contributed by atoms with van der Waals surface area (Å²) in [6.45, 7) is 0.845. The van der Waals surface area contributed by atoms with Crippen LogP contribution in [0.1, 0.15) is 23.5 Å². The van der Waals surface area contributed by atoms with Crippen LogP contribution in [-0.4, -0.2) is 28.8 Å². The molecule has 1 N–H and O–H groups in total. The molecule has 4 nitrogen and oxygen atoms in total. The summed E-state index contributed by atoms with van der Waals surface area (Å²) < 4.78 is 5.50. The maximum absolute atomic E-state index is 10.5. The topological polar surface area (TPSA) is 59.4 Å². The number of rotatable bonds is 4. The molecular weight excluding hydrogens is 214 g/mol. The van der Waals surface area contributed by atoms with Crippen molar-refractivity contribution in [3.8, 4) is 0 Å². The Kier molecular flexibility index (Phi) is 3.33. The molecule has 82 valence electrons. The van der Waals surface area contributed by atoms with Crippen LogP contribution in [0.25, 0.3) is 0 Å². The van der Waals surface area contributed by atoms with Gasteiger partial charge in [-0.1, -0.05) is 0 Å². The van der Waals surface area contributed by atoms with Crippen molar-refractivity contribution in [2.45, 2.75) is 31.8 Å². The van der Waals surface area contributed by atoms with E-state index in [-0.39, 0.29) is 12.5 Å². The first-order valence-corrected chi connectivity index (χ1v) is 5.88. The second-order valence-electron chi connectivity index (χ2n) is 3.64. The Morgan fingerprint density at radius 2 is 2.60 bits per heavy atom. The highest BCUT2D eigenvalue weighted by Gasteiger charge is 2.17. The van der Waals surface area contributed by atoms with Crippen LogP contribution in [0, 0.1) is 0 Å². The predicted molar refractivity (Wildman–Crippen MR) is 56.1 cm³/mol. The van der Waals surface area contributed by atoms with Gasteiger partial charge in [-0.3, -0.25) is 4.79 Å². The number of thiazole rings is 1. The lowest BCUT2D eigenvalue weighted by molar-refractivity contribution is -0.136. The van der Waals surface area contributed by atoms with Crippen molar-refractivity contribution in [2.75, 3.05) is 6.61 Å². The minimum Gasteiger partial charge on any atom is -0.481 e. The lowest BCUT2D eigenvalue weighted by Crippen LogP contribution is -2.08. The molecule has 1 atom stereocenters. The van der Waals surface area contributed by atoms with Crippen molar-refractivity contribution >= 4 is 17.3 Å². The van der Waals surface area contributed by atoms with Crippen LogP contribution in [0.3, 0.4) is 0 Å². The van der Waals surface area contributed by atoms with Gasteiger partial charge in [-0.15, -0.1) is 11.3 Å². The van der Waals surface area contributed by atoms with Gasteiger partial charge >= 0.3 is 5.97 Å². The smallest absolute Gasteiger partial charge is 0.309 e. The number of hydrogen-bond acceptors (Lipinski definition) is 4. The largest absolute Gasteiger partial charge is 0.481 e. The first-order chi connectivity index (χ1) is 7.24. The Morgan fingerprint density at radius 3 is 3.27 bits per heavy atom. The molecule has 2 heterocycles. The van der Waals surface area contributed by atoms with Crippen LogP contribution < -0.4 is 0 Å². The van der Waals surface area contributed by atoms with Crippen LogP contribution in [-0.2, 0) is 22.4 Å². The van der Waals surface area contributed by atoms with Gasteiger partial charge in [-0.05, 0) is 12.8 Å². The lowest BCUT2D eigenvalue weighted by atomic mass is 10.2. The van der Waals surface area contributed by atoms with Crippen LogP contribution in [0.2, 0.25) is 0 Å². The molecule has 1 aliphatic heterocycles. The number of carbonyl (C=O) groups is 1. The van der Waals surface area contributed by atoms with Gasteiger partial charge in [0.05, 0.1) is 23.2 Å². The summed E-state index contributed by atoms with van der Waals surface area (Å²) in [5.74, 6) is -0.830. The van der Waals surface area contributed by atoms with Crippen molar-refractivity contribution in [1.82, 2.24) is 4.98 Å². The first-order valence-electron chi connectivity index (χ1n) is 5.00. The molecule has 0 aliphatic carbocycles. The Morgan fingerprint density at radius 1 is 1.73 bits per heavy atom. The van der Waals surface area contributed by atoms with E-state index in [4.69, 9.17) is 9.84 Å². The third-order valence-corrected chi connectivity index (χ3v) is 3.28. The molecule has 0 amide bonds. The van der Waals surface area contributed by atoms with Crippen LogP contribution >= 0.6 is 11.3 Å². The zero-order valence-corrected chi connectivity index (χ0v) is 9.13. The number of carboxylic acid groups (broad SMARTS) is 1.